The highest BCUT2D eigenvalue weighted by molar-refractivity contribution is 5.30. The van der Waals surface area contributed by atoms with Crippen LogP contribution in [0.15, 0.2) is 18.5 Å². The van der Waals surface area contributed by atoms with Crippen LogP contribution in [0.1, 0.15) is 24.1 Å². The van der Waals surface area contributed by atoms with E-state index in [4.69, 9.17) is 6.57 Å². The summed E-state index contributed by atoms with van der Waals surface area (Å²) in [6.07, 6.45) is -2.44. The van der Waals surface area contributed by atoms with Gasteiger partial charge in [0.2, 0.25) is 6.04 Å². The number of halogens is 3. The zero-order chi connectivity index (χ0) is 10.8. The van der Waals surface area contributed by atoms with Gasteiger partial charge in [-0.1, -0.05) is 0 Å². The van der Waals surface area contributed by atoms with Crippen molar-refractivity contribution in [1.29, 1.82) is 0 Å². The van der Waals surface area contributed by atoms with E-state index in [1.807, 2.05) is 0 Å². The molecule has 0 aromatic carbocycles. The molecule has 0 saturated carbocycles. The van der Waals surface area contributed by atoms with Gasteiger partial charge in [-0.2, -0.15) is 13.2 Å². The fourth-order valence-electron chi connectivity index (χ4n) is 1.08. The van der Waals surface area contributed by atoms with E-state index in [2.05, 4.69) is 9.83 Å². The summed E-state index contributed by atoms with van der Waals surface area (Å²) < 4.78 is 37.2. The minimum Gasteiger partial charge on any atom is -0.309 e. The molecule has 0 saturated heterocycles. The number of rotatable bonds is 1. The summed E-state index contributed by atoms with van der Waals surface area (Å²) in [5.74, 6) is 0. The molecule has 5 heteroatoms. The maximum Gasteiger partial charge on any atom is 0.418 e. The fourth-order valence-corrected chi connectivity index (χ4v) is 1.08. The Balaban J connectivity index is 3.25. The molecular weight excluding hydrogens is 193 g/mol. The Labute approximate surface area is 79.2 Å². The van der Waals surface area contributed by atoms with Gasteiger partial charge in [0.25, 0.3) is 0 Å². The molecule has 14 heavy (non-hydrogen) atoms. The minimum atomic E-state index is -4.44. The van der Waals surface area contributed by atoms with Gasteiger partial charge in [-0.3, -0.25) is 4.98 Å². The van der Waals surface area contributed by atoms with E-state index in [9.17, 15) is 13.2 Å². The van der Waals surface area contributed by atoms with E-state index < -0.39 is 17.8 Å². The standard InChI is InChI=1S/C9H7F3N2/c1-6(13-2)7-3-4-14-5-8(7)9(10,11)12/h3-6H,1H3. The second-order valence-electron chi connectivity index (χ2n) is 2.77. The monoisotopic (exact) mass is 200 g/mol. The van der Waals surface area contributed by atoms with Crippen LogP contribution in [0.2, 0.25) is 0 Å². The molecule has 0 spiro atoms. The van der Waals surface area contributed by atoms with Gasteiger partial charge in [-0.15, -0.1) is 0 Å². The van der Waals surface area contributed by atoms with Crippen LogP contribution in [0.25, 0.3) is 4.85 Å². The molecule has 1 aromatic rings. The SMILES string of the molecule is [C-]#[N+]C(C)c1ccncc1C(F)(F)F. The quantitative estimate of drug-likeness (QED) is 0.637. The molecule has 1 rings (SSSR count). The normalized spacial score (nSPS) is 13.4. The molecule has 1 unspecified atom stereocenters. The Bertz CT molecular complexity index is 365. The third-order valence-corrected chi connectivity index (χ3v) is 1.80. The molecule has 0 fully saturated rings. The van der Waals surface area contributed by atoms with E-state index >= 15 is 0 Å². The highest BCUT2D eigenvalue weighted by Crippen LogP contribution is 2.34. The summed E-state index contributed by atoms with van der Waals surface area (Å²) in [5, 5.41) is 0. The molecular formula is C9H7F3N2. The molecule has 0 N–H and O–H groups in total. The van der Waals surface area contributed by atoms with E-state index in [1.54, 1.807) is 0 Å². The number of hydrogen-bond donors (Lipinski definition) is 0. The third kappa shape index (κ3) is 2.02. The van der Waals surface area contributed by atoms with Crippen LogP contribution >= 0.6 is 0 Å². The Hall–Kier alpha value is -1.57. The lowest BCUT2D eigenvalue weighted by atomic mass is 10.0. The topological polar surface area (TPSA) is 17.2 Å². The largest absolute Gasteiger partial charge is 0.418 e. The molecule has 0 radical (unpaired) electrons. The Kier molecular flexibility index (Phi) is 2.75. The maximum absolute atomic E-state index is 12.4. The molecule has 0 aliphatic rings. The van der Waals surface area contributed by atoms with Gasteiger partial charge >= 0.3 is 6.18 Å². The highest BCUT2D eigenvalue weighted by Gasteiger charge is 2.36. The van der Waals surface area contributed by atoms with Crippen LogP contribution < -0.4 is 0 Å². The van der Waals surface area contributed by atoms with Crippen LogP contribution in [0.3, 0.4) is 0 Å². The first-order chi connectivity index (χ1) is 6.46. The van der Waals surface area contributed by atoms with Crippen molar-refractivity contribution in [3.05, 3.63) is 41.0 Å². The van der Waals surface area contributed by atoms with E-state index in [0.29, 0.717) is 0 Å². The van der Waals surface area contributed by atoms with Crippen molar-refractivity contribution >= 4 is 0 Å². The number of pyridine rings is 1. The molecule has 0 amide bonds. The van der Waals surface area contributed by atoms with Crippen LogP contribution in [-0.4, -0.2) is 4.98 Å². The molecule has 0 bridgehead atoms. The van der Waals surface area contributed by atoms with E-state index in [1.165, 1.54) is 19.2 Å². The zero-order valence-corrected chi connectivity index (χ0v) is 7.34. The summed E-state index contributed by atoms with van der Waals surface area (Å²) in [5.41, 5.74) is -0.856. The lowest BCUT2D eigenvalue weighted by molar-refractivity contribution is -0.138. The third-order valence-electron chi connectivity index (χ3n) is 1.80. The molecule has 1 aromatic heterocycles. The minimum absolute atomic E-state index is 0.0255. The van der Waals surface area contributed by atoms with Crippen LogP contribution in [0, 0.1) is 6.57 Å². The number of alkyl halides is 3. The van der Waals surface area contributed by atoms with Crippen molar-refractivity contribution < 1.29 is 13.2 Å². The maximum atomic E-state index is 12.4. The van der Waals surface area contributed by atoms with Gasteiger partial charge < -0.3 is 4.85 Å². The molecule has 2 nitrogen and oxygen atoms in total. The van der Waals surface area contributed by atoms with Crippen LogP contribution in [-0.2, 0) is 6.18 Å². The van der Waals surface area contributed by atoms with Crippen molar-refractivity contribution in [3.63, 3.8) is 0 Å². The zero-order valence-electron chi connectivity index (χ0n) is 7.34. The van der Waals surface area contributed by atoms with E-state index in [0.717, 1.165) is 6.20 Å². The lowest BCUT2D eigenvalue weighted by Gasteiger charge is -2.10. The highest BCUT2D eigenvalue weighted by atomic mass is 19.4. The predicted octanol–water partition coefficient (Wildman–Crippen LogP) is 3.08. The first-order valence-corrected chi connectivity index (χ1v) is 3.84. The van der Waals surface area contributed by atoms with Gasteiger partial charge in [0.15, 0.2) is 0 Å². The average Bonchev–Trinajstić information content (AvgIpc) is 2.15. The Morgan fingerprint density at radius 2 is 2.14 bits per heavy atom. The Morgan fingerprint density at radius 1 is 1.50 bits per heavy atom. The van der Waals surface area contributed by atoms with Crippen molar-refractivity contribution in [2.45, 2.75) is 19.1 Å². The Morgan fingerprint density at radius 3 is 2.64 bits per heavy atom. The first-order valence-electron chi connectivity index (χ1n) is 3.84. The van der Waals surface area contributed by atoms with Gasteiger partial charge in [0, 0.05) is 24.9 Å². The summed E-state index contributed by atoms with van der Waals surface area (Å²) in [7, 11) is 0. The van der Waals surface area contributed by atoms with Crippen molar-refractivity contribution in [1.82, 2.24) is 4.98 Å². The number of nitrogens with zero attached hydrogens (tertiary/aromatic N) is 2. The second kappa shape index (κ2) is 3.66. The van der Waals surface area contributed by atoms with Crippen LogP contribution in [0.4, 0.5) is 13.2 Å². The first kappa shape index (κ1) is 10.5. The van der Waals surface area contributed by atoms with Gasteiger partial charge in [-0.25, -0.2) is 6.57 Å². The molecule has 0 aliphatic heterocycles. The molecule has 74 valence electrons. The van der Waals surface area contributed by atoms with Gasteiger partial charge in [-0.05, 0) is 6.07 Å². The van der Waals surface area contributed by atoms with Gasteiger partial charge in [0.05, 0.1) is 5.56 Å². The van der Waals surface area contributed by atoms with E-state index in [-0.39, 0.29) is 5.56 Å². The van der Waals surface area contributed by atoms with Crippen molar-refractivity contribution in [2.75, 3.05) is 0 Å². The molecule has 1 heterocycles. The smallest absolute Gasteiger partial charge is 0.309 e. The number of aromatic nitrogens is 1. The lowest BCUT2D eigenvalue weighted by Crippen LogP contribution is -2.10. The van der Waals surface area contributed by atoms with Crippen LogP contribution in [0.5, 0.6) is 0 Å². The van der Waals surface area contributed by atoms with Crippen molar-refractivity contribution in [2.24, 2.45) is 0 Å². The summed E-state index contributed by atoms with van der Waals surface area (Å²) in [6.45, 7) is 8.11. The molecule has 0 aliphatic carbocycles. The number of hydrogen-bond acceptors (Lipinski definition) is 1. The molecule has 1 atom stereocenters. The summed E-state index contributed by atoms with van der Waals surface area (Å²) in [4.78, 5) is 6.46. The van der Waals surface area contributed by atoms with Gasteiger partial charge in [0.1, 0.15) is 0 Å². The second-order valence-corrected chi connectivity index (χ2v) is 2.77. The average molecular weight is 200 g/mol. The van der Waals surface area contributed by atoms with Crippen molar-refractivity contribution in [3.8, 4) is 0 Å². The summed E-state index contributed by atoms with van der Waals surface area (Å²) in [6, 6.07) is 0.431. The predicted molar refractivity (Wildman–Crippen MR) is 44.3 cm³/mol. The summed E-state index contributed by atoms with van der Waals surface area (Å²) >= 11 is 0. The fraction of sp³-hybridized carbons (Fsp3) is 0.333.